The first-order valence-corrected chi connectivity index (χ1v) is 9.62. The molecule has 2 heterocycles. The number of rotatable bonds is 2. The molecule has 0 N–H and O–H groups in total. The summed E-state index contributed by atoms with van der Waals surface area (Å²) in [5.74, 6) is 1.67. The second-order valence-corrected chi connectivity index (χ2v) is 7.33. The van der Waals surface area contributed by atoms with E-state index in [1.807, 2.05) is 11.8 Å². The van der Waals surface area contributed by atoms with Crippen molar-refractivity contribution in [1.29, 1.82) is 0 Å². The van der Waals surface area contributed by atoms with Crippen molar-refractivity contribution in [3.05, 3.63) is 26.3 Å². The fraction of sp³-hybridized carbons (Fsp3) is 0.611. The van der Waals surface area contributed by atoms with Crippen LogP contribution < -0.4 is 4.74 Å². The van der Waals surface area contributed by atoms with Crippen LogP contribution in [0.15, 0.2) is 6.07 Å². The molecule has 3 rings (SSSR count). The van der Waals surface area contributed by atoms with Gasteiger partial charge in [0.2, 0.25) is 0 Å². The highest BCUT2D eigenvalue weighted by molar-refractivity contribution is 14.1. The number of carbonyl (C=O) groups is 1. The Bertz CT molecular complexity index is 602. The standard InChI is InChI=1S/C18H24INO3/c1-3-12-7-10-23-17-15(19)11-13-5-8-20(18(21)22-4-2)9-6-14(13)16(12)17/h11-12H,3-10H2,1-2H3. The first-order valence-electron chi connectivity index (χ1n) is 8.54. The van der Waals surface area contributed by atoms with E-state index >= 15 is 0 Å². The Morgan fingerprint density at radius 2 is 2.17 bits per heavy atom. The van der Waals surface area contributed by atoms with E-state index in [0.29, 0.717) is 12.5 Å². The molecule has 0 fully saturated rings. The Labute approximate surface area is 151 Å². The van der Waals surface area contributed by atoms with Crippen molar-refractivity contribution < 1.29 is 14.3 Å². The molecule has 2 aliphatic heterocycles. The topological polar surface area (TPSA) is 38.8 Å². The Balaban J connectivity index is 1.94. The van der Waals surface area contributed by atoms with Crippen molar-refractivity contribution >= 4 is 28.7 Å². The molecule has 0 bridgehead atoms. The van der Waals surface area contributed by atoms with E-state index < -0.39 is 0 Å². The Morgan fingerprint density at radius 1 is 1.39 bits per heavy atom. The van der Waals surface area contributed by atoms with Crippen LogP contribution in [0.3, 0.4) is 0 Å². The zero-order chi connectivity index (χ0) is 16.4. The van der Waals surface area contributed by atoms with Crippen LogP contribution >= 0.6 is 22.6 Å². The molecule has 1 aromatic rings. The second-order valence-electron chi connectivity index (χ2n) is 6.17. The van der Waals surface area contributed by atoms with Crippen LogP contribution in [0.4, 0.5) is 4.79 Å². The lowest BCUT2D eigenvalue weighted by Crippen LogP contribution is -2.33. The summed E-state index contributed by atoms with van der Waals surface area (Å²) >= 11 is 2.39. The molecule has 1 atom stereocenters. The summed E-state index contributed by atoms with van der Waals surface area (Å²) in [6.07, 6.45) is 3.84. The van der Waals surface area contributed by atoms with Gasteiger partial charge in [0.05, 0.1) is 16.8 Å². The third kappa shape index (κ3) is 3.30. The van der Waals surface area contributed by atoms with Crippen LogP contribution in [0, 0.1) is 3.57 Å². The zero-order valence-electron chi connectivity index (χ0n) is 13.9. The predicted octanol–water partition coefficient (Wildman–Crippen LogP) is 4.12. The monoisotopic (exact) mass is 429 g/mol. The third-order valence-corrected chi connectivity index (χ3v) is 5.70. The number of fused-ring (bicyclic) bond motifs is 3. The van der Waals surface area contributed by atoms with Gasteiger partial charge in [0.1, 0.15) is 5.75 Å². The molecule has 4 nitrogen and oxygen atoms in total. The summed E-state index contributed by atoms with van der Waals surface area (Å²) in [4.78, 5) is 13.9. The maximum atomic E-state index is 12.1. The number of hydrogen-bond acceptors (Lipinski definition) is 3. The van der Waals surface area contributed by atoms with Gasteiger partial charge >= 0.3 is 6.09 Å². The highest BCUT2D eigenvalue weighted by atomic mass is 127. The van der Waals surface area contributed by atoms with Crippen molar-refractivity contribution in [1.82, 2.24) is 4.90 Å². The van der Waals surface area contributed by atoms with Crippen molar-refractivity contribution in [2.75, 3.05) is 26.3 Å². The molecule has 0 aromatic heterocycles. The van der Waals surface area contributed by atoms with Gasteiger partial charge in [-0.1, -0.05) is 6.92 Å². The lowest BCUT2D eigenvalue weighted by molar-refractivity contribution is 0.109. The minimum atomic E-state index is -0.188. The molecular weight excluding hydrogens is 405 g/mol. The van der Waals surface area contributed by atoms with E-state index in [4.69, 9.17) is 9.47 Å². The number of carbonyl (C=O) groups excluding carboxylic acids is 1. The van der Waals surface area contributed by atoms with Crippen molar-refractivity contribution in [3.63, 3.8) is 0 Å². The quantitative estimate of drug-likeness (QED) is 0.664. The van der Waals surface area contributed by atoms with Gasteiger partial charge in [0, 0.05) is 18.7 Å². The van der Waals surface area contributed by atoms with Gasteiger partial charge in [-0.25, -0.2) is 4.79 Å². The average molecular weight is 429 g/mol. The maximum absolute atomic E-state index is 12.1. The highest BCUT2D eigenvalue weighted by Crippen LogP contribution is 2.43. The van der Waals surface area contributed by atoms with E-state index in [9.17, 15) is 4.79 Å². The summed E-state index contributed by atoms with van der Waals surface area (Å²) in [6, 6.07) is 2.25. The van der Waals surface area contributed by atoms with Gasteiger partial charge < -0.3 is 14.4 Å². The number of halogens is 1. The molecular formula is C18H24INO3. The maximum Gasteiger partial charge on any atom is 0.409 e. The Kier molecular flexibility index (Phi) is 5.34. The van der Waals surface area contributed by atoms with Gasteiger partial charge in [-0.15, -0.1) is 0 Å². The normalized spacial score (nSPS) is 20.1. The highest BCUT2D eigenvalue weighted by Gasteiger charge is 2.29. The number of amides is 1. The van der Waals surface area contributed by atoms with Gasteiger partial charge in [-0.2, -0.15) is 0 Å². The molecule has 23 heavy (non-hydrogen) atoms. The smallest absolute Gasteiger partial charge is 0.409 e. The fourth-order valence-corrected chi connectivity index (χ4v) is 4.53. The minimum absolute atomic E-state index is 0.188. The molecule has 0 aliphatic carbocycles. The molecule has 0 saturated carbocycles. The van der Waals surface area contributed by atoms with Crippen LogP contribution in [-0.4, -0.2) is 37.3 Å². The fourth-order valence-electron chi connectivity index (χ4n) is 3.71. The summed E-state index contributed by atoms with van der Waals surface area (Å²) in [5.41, 5.74) is 4.20. The summed E-state index contributed by atoms with van der Waals surface area (Å²) in [6.45, 7) is 6.82. The summed E-state index contributed by atoms with van der Waals surface area (Å²) in [7, 11) is 0. The van der Waals surface area contributed by atoms with Crippen LogP contribution in [0.2, 0.25) is 0 Å². The molecule has 0 radical (unpaired) electrons. The van der Waals surface area contributed by atoms with Gasteiger partial charge in [-0.3, -0.25) is 0 Å². The van der Waals surface area contributed by atoms with Crippen molar-refractivity contribution in [2.24, 2.45) is 0 Å². The first kappa shape index (κ1) is 16.9. The Hall–Kier alpha value is -0.980. The lowest BCUT2D eigenvalue weighted by Gasteiger charge is -2.29. The van der Waals surface area contributed by atoms with E-state index in [1.165, 1.54) is 20.3 Å². The number of hydrogen-bond donors (Lipinski definition) is 0. The number of ether oxygens (including phenoxy) is 2. The molecule has 2 aliphatic rings. The van der Waals surface area contributed by atoms with Crippen LogP contribution in [-0.2, 0) is 17.6 Å². The SMILES string of the molecule is CCOC(=O)N1CCc2cc(I)c3c(c2CC1)C(CC)CCO3. The van der Waals surface area contributed by atoms with E-state index in [-0.39, 0.29) is 6.09 Å². The summed E-state index contributed by atoms with van der Waals surface area (Å²) in [5, 5.41) is 0. The second kappa shape index (κ2) is 7.28. The van der Waals surface area contributed by atoms with Crippen LogP contribution in [0.5, 0.6) is 5.75 Å². The molecule has 5 heteroatoms. The van der Waals surface area contributed by atoms with Crippen molar-refractivity contribution in [2.45, 2.75) is 45.4 Å². The first-order chi connectivity index (χ1) is 11.2. The van der Waals surface area contributed by atoms with E-state index in [0.717, 1.165) is 51.1 Å². The lowest BCUT2D eigenvalue weighted by atomic mass is 9.84. The third-order valence-electron chi connectivity index (χ3n) is 4.90. The molecule has 1 amide bonds. The predicted molar refractivity (Wildman–Crippen MR) is 98.3 cm³/mol. The number of benzene rings is 1. The largest absolute Gasteiger partial charge is 0.492 e. The molecule has 0 spiro atoms. The zero-order valence-corrected chi connectivity index (χ0v) is 16.0. The van der Waals surface area contributed by atoms with Gasteiger partial charge in [0.25, 0.3) is 0 Å². The number of nitrogens with zero attached hydrogens (tertiary/aromatic N) is 1. The molecule has 1 unspecified atom stereocenters. The molecule has 1 aromatic carbocycles. The van der Waals surface area contributed by atoms with E-state index in [2.05, 4.69) is 35.6 Å². The molecule has 126 valence electrons. The average Bonchev–Trinajstić information content (AvgIpc) is 2.77. The van der Waals surface area contributed by atoms with Crippen LogP contribution in [0.1, 0.15) is 49.3 Å². The van der Waals surface area contributed by atoms with E-state index in [1.54, 1.807) is 0 Å². The summed E-state index contributed by atoms with van der Waals surface area (Å²) < 4.78 is 12.4. The van der Waals surface area contributed by atoms with Crippen molar-refractivity contribution in [3.8, 4) is 5.75 Å². The molecule has 0 saturated heterocycles. The van der Waals surface area contributed by atoms with Gasteiger partial charge in [0.15, 0.2) is 0 Å². The van der Waals surface area contributed by atoms with Crippen LogP contribution in [0.25, 0.3) is 0 Å². The Morgan fingerprint density at radius 3 is 2.91 bits per heavy atom. The minimum Gasteiger partial charge on any atom is -0.492 e. The van der Waals surface area contributed by atoms with Gasteiger partial charge in [-0.05, 0) is 78.3 Å².